The summed E-state index contributed by atoms with van der Waals surface area (Å²) in [4.78, 5) is 10.8. The summed E-state index contributed by atoms with van der Waals surface area (Å²) in [5.41, 5.74) is 0.558. The molecule has 1 aromatic heterocycles. The van der Waals surface area contributed by atoms with Gasteiger partial charge in [0.2, 0.25) is 10.0 Å². The van der Waals surface area contributed by atoms with E-state index in [9.17, 15) is 17.6 Å². The van der Waals surface area contributed by atoms with E-state index in [0.717, 1.165) is 35.8 Å². The number of halogens is 1. The number of hydrogen-bond acceptors (Lipinski definition) is 4. The average molecular weight is 355 g/mol. The lowest BCUT2D eigenvalue weighted by Gasteiger charge is -2.16. The molecule has 0 atom stereocenters. The molecule has 3 rings (SSSR count). The Kier molecular flexibility index (Phi) is 3.99. The molecule has 0 radical (unpaired) electrons. The first-order valence-corrected chi connectivity index (χ1v) is 9.26. The molecule has 1 fully saturated rings. The van der Waals surface area contributed by atoms with Crippen molar-refractivity contribution in [3.63, 3.8) is 0 Å². The summed E-state index contributed by atoms with van der Waals surface area (Å²) in [6.07, 6.45) is 1.65. The van der Waals surface area contributed by atoms with Crippen LogP contribution in [0.1, 0.15) is 28.8 Å². The number of carboxylic acids is 1. The molecular weight excluding hydrogens is 341 g/mol. The lowest BCUT2D eigenvalue weighted by molar-refractivity contribution is 0.0697. The SMILES string of the molecule is O=C(O)c1csc(S(=O)(=O)NCC2(c3ccc(F)cc3)CC2)c1. The van der Waals surface area contributed by atoms with Crippen LogP contribution in [0.5, 0.6) is 0 Å². The summed E-state index contributed by atoms with van der Waals surface area (Å²) >= 11 is 0.873. The highest BCUT2D eigenvalue weighted by molar-refractivity contribution is 7.91. The Bertz CT molecular complexity index is 839. The molecule has 1 heterocycles. The molecule has 5 nitrogen and oxygen atoms in total. The molecular formula is C15H14FNO4S2. The molecule has 1 aliphatic rings. The Balaban J connectivity index is 1.74. The summed E-state index contributed by atoms with van der Waals surface area (Å²) in [5.74, 6) is -1.49. The fourth-order valence-corrected chi connectivity index (χ4v) is 4.72. The Hall–Kier alpha value is -1.77. The zero-order valence-corrected chi connectivity index (χ0v) is 13.6. The quantitative estimate of drug-likeness (QED) is 0.834. The number of thiophene rings is 1. The van der Waals surface area contributed by atoms with Crippen LogP contribution >= 0.6 is 11.3 Å². The van der Waals surface area contributed by atoms with Gasteiger partial charge in [0.25, 0.3) is 0 Å². The highest BCUT2D eigenvalue weighted by atomic mass is 32.2. The third kappa shape index (κ3) is 3.29. The van der Waals surface area contributed by atoms with Crippen LogP contribution in [0.25, 0.3) is 0 Å². The highest BCUT2D eigenvalue weighted by Gasteiger charge is 2.44. The van der Waals surface area contributed by atoms with Gasteiger partial charge in [0.15, 0.2) is 0 Å². The lowest BCUT2D eigenvalue weighted by Crippen LogP contribution is -2.31. The third-order valence-electron chi connectivity index (χ3n) is 4.00. The number of nitrogens with one attached hydrogen (secondary N) is 1. The van der Waals surface area contributed by atoms with Gasteiger partial charge in [-0.3, -0.25) is 0 Å². The fourth-order valence-electron chi connectivity index (χ4n) is 2.40. The number of benzene rings is 1. The molecule has 1 aromatic carbocycles. The van der Waals surface area contributed by atoms with Crippen LogP contribution in [-0.2, 0) is 15.4 Å². The van der Waals surface area contributed by atoms with Crippen LogP contribution in [0.2, 0.25) is 0 Å². The second kappa shape index (κ2) is 5.70. The lowest BCUT2D eigenvalue weighted by atomic mass is 9.96. The summed E-state index contributed by atoms with van der Waals surface area (Å²) in [6, 6.07) is 7.21. The van der Waals surface area contributed by atoms with E-state index in [2.05, 4.69) is 4.72 Å². The maximum absolute atomic E-state index is 13.0. The topological polar surface area (TPSA) is 83.5 Å². The van der Waals surface area contributed by atoms with E-state index in [0.29, 0.717) is 0 Å². The third-order valence-corrected chi connectivity index (χ3v) is 6.84. The van der Waals surface area contributed by atoms with E-state index in [1.165, 1.54) is 17.5 Å². The minimum Gasteiger partial charge on any atom is -0.478 e. The predicted molar refractivity (Wildman–Crippen MR) is 83.8 cm³/mol. The van der Waals surface area contributed by atoms with E-state index in [1.54, 1.807) is 12.1 Å². The molecule has 0 amide bonds. The largest absolute Gasteiger partial charge is 0.478 e. The van der Waals surface area contributed by atoms with Crippen molar-refractivity contribution in [2.75, 3.05) is 6.54 Å². The van der Waals surface area contributed by atoms with E-state index < -0.39 is 16.0 Å². The first-order chi connectivity index (χ1) is 10.8. The van der Waals surface area contributed by atoms with Gasteiger partial charge in [-0.15, -0.1) is 11.3 Å². The van der Waals surface area contributed by atoms with Crippen molar-refractivity contribution in [1.29, 1.82) is 0 Å². The van der Waals surface area contributed by atoms with Crippen LogP contribution in [0.4, 0.5) is 4.39 Å². The van der Waals surface area contributed by atoms with Crippen molar-refractivity contribution < 1.29 is 22.7 Å². The van der Waals surface area contributed by atoms with Gasteiger partial charge < -0.3 is 5.11 Å². The smallest absolute Gasteiger partial charge is 0.336 e. The van der Waals surface area contributed by atoms with Crippen molar-refractivity contribution >= 4 is 27.3 Å². The average Bonchev–Trinajstić information content (AvgIpc) is 3.11. The van der Waals surface area contributed by atoms with E-state index in [-0.39, 0.29) is 27.5 Å². The first kappa shape index (κ1) is 16.1. The second-order valence-electron chi connectivity index (χ2n) is 5.57. The Labute approximate surface area is 136 Å². The van der Waals surface area contributed by atoms with E-state index in [4.69, 9.17) is 5.11 Å². The van der Waals surface area contributed by atoms with Crippen molar-refractivity contribution in [3.05, 3.63) is 52.7 Å². The Morgan fingerprint density at radius 2 is 1.96 bits per heavy atom. The molecule has 0 unspecified atom stereocenters. The minimum absolute atomic E-state index is 0.0233. The highest BCUT2D eigenvalue weighted by Crippen LogP contribution is 2.47. The van der Waals surface area contributed by atoms with E-state index >= 15 is 0 Å². The number of rotatable bonds is 6. The van der Waals surface area contributed by atoms with E-state index in [1.807, 2.05) is 0 Å². The standard InChI is InChI=1S/C15H14FNO4S2/c16-12-3-1-11(2-4-12)15(5-6-15)9-17-23(20,21)13-7-10(8-22-13)14(18)19/h1-4,7-8,17H,5-6,9H2,(H,18,19). The molecule has 2 aromatic rings. The Morgan fingerprint density at radius 3 is 2.48 bits per heavy atom. The zero-order valence-electron chi connectivity index (χ0n) is 12.0. The summed E-state index contributed by atoms with van der Waals surface area (Å²) in [6.45, 7) is 0.210. The van der Waals surface area contributed by atoms with Crippen LogP contribution in [0.15, 0.2) is 39.9 Å². The van der Waals surface area contributed by atoms with Gasteiger partial charge in [-0.25, -0.2) is 22.3 Å². The molecule has 0 bridgehead atoms. The molecule has 1 aliphatic carbocycles. The van der Waals surface area contributed by atoms with Crippen molar-refractivity contribution in [1.82, 2.24) is 4.72 Å². The number of carbonyl (C=O) groups is 1. The van der Waals surface area contributed by atoms with Crippen LogP contribution in [0, 0.1) is 5.82 Å². The number of hydrogen-bond donors (Lipinski definition) is 2. The number of aromatic carboxylic acids is 1. The zero-order chi connectivity index (χ0) is 16.7. The number of carboxylic acid groups (broad SMARTS) is 1. The van der Waals surface area contributed by atoms with Gasteiger partial charge in [-0.1, -0.05) is 12.1 Å². The van der Waals surface area contributed by atoms with Crippen LogP contribution in [0.3, 0.4) is 0 Å². The Morgan fingerprint density at radius 1 is 1.30 bits per heavy atom. The predicted octanol–water partition coefficient (Wildman–Crippen LogP) is 2.60. The molecule has 2 N–H and O–H groups in total. The first-order valence-electron chi connectivity index (χ1n) is 6.90. The molecule has 23 heavy (non-hydrogen) atoms. The van der Waals surface area contributed by atoms with Gasteiger partial charge in [-0.05, 0) is 36.6 Å². The molecule has 1 saturated carbocycles. The summed E-state index contributed by atoms with van der Waals surface area (Å²) in [5, 5.41) is 10.2. The summed E-state index contributed by atoms with van der Waals surface area (Å²) < 4.78 is 40.1. The molecule has 0 spiro atoms. The molecule has 0 saturated heterocycles. The molecule has 0 aliphatic heterocycles. The van der Waals surface area contributed by atoms with Crippen molar-refractivity contribution in [2.45, 2.75) is 22.5 Å². The van der Waals surface area contributed by atoms with Gasteiger partial charge in [-0.2, -0.15) is 0 Å². The maximum atomic E-state index is 13.0. The van der Waals surface area contributed by atoms with Gasteiger partial charge in [0, 0.05) is 17.3 Å². The van der Waals surface area contributed by atoms with Crippen LogP contribution < -0.4 is 4.72 Å². The van der Waals surface area contributed by atoms with Crippen molar-refractivity contribution in [2.24, 2.45) is 0 Å². The van der Waals surface area contributed by atoms with Gasteiger partial charge in [0.1, 0.15) is 10.0 Å². The minimum atomic E-state index is -3.75. The normalized spacial score (nSPS) is 16.2. The second-order valence-corrected chi connectivity index (χ2v) is 8.48. The van der Waals surface area contributed by atoms with Gasteiger partial charge in [0.05, 0.1) is 5.56 Å². The maximum Gasteiger partial charge on any atom is 0.336 e. The molecule has 8 heteroatoms. The monoisotopic (exact) mass is 355 g/mol. The van der Waals surface area contributed by atoms with Crippen molar-refractivity contribution in [3.8, 4) is 0 Å². The number of sulfonamides is 1. The van der Waals surface area contributed by atoms with Gasteiger partial charge >= 0.3 is 5.97 Å². The summed E-state index contributed by atoms with van der Waals surface area (Å²) in [7, 11) is -3.75. The fraction of sp³-hybridized carbons (Fsp3) is 0.267. The van der Waals surface area contributed by atoms with Crippen LogP contribution in [-0.4, -0.2) is 26.0 Å². The molecule has 122 valence electrons.